The molecule has 172 valence electrons. The van der Waals surface area contributed by atoms with E-state index in [1.54, 1.807) is 45.0 Å². The van der Waals surface area contributed by atoms with Crippen LogP contribution >= 0.6 is 0 Å². The Morgan fingerprint density at radius 3 is 2.21 bits per heavy atom. The van der Waals surface area contributed by atoms with Crippen LogP contribution in [0.3, 0.4) is 0 Å². The molecule has 0 saturated carbocycles. The maximum Gasteiger partial charge on any atom is 0.355 e. The average molecular weight is 450 g/mol. The fraction of sp³-hybridized carbons (Fsp3) is 0.240. The molecule has 0 saturated heterocycles. The van der Waals surface area contributed by atoms with Crippen LogP contribution in [-0.2, 0) is 14.3 Å². The van der Waals surface area contributed by atoms with Crippen LogP contribution in [0.25, 0.3) is 0 Å². The number of H-pyrrole nitrogens is 1. The Kier molecular flexibility index (Phi) is 7.50. The summed E-state index contributed by atoms with van der Waals surface area (Å²) >= 11 is 0. The summed E-state index contributed by atoms with van der Waals surface area (Å²) in [6.07, 6.45) is -1.06. The number of nitrogens with one attached hydrogen (secondary N) is 2. The van der Waals surface area contributed by atoms with Gasteiger partial charge in [0.25, 0.3) is 5.91 Å². The molecule has 8 nitrogen and oxygen atoms in total. The molecule has 0 fully saturated rings. The minimum absolute atomic E-state index is 0.109. The fourth-order valence-corrected chi connectivity index (χ4v) is 3.21. The number of carbonyl (C=O) groups excluding carboxylic acids is 3. The first-order valence-electron chi connectivity index (χ1n) is 10.5. The van der Waals surface area contributed by atoms with Crippen molar-refractivity contribution in [2.24, 2.45) is 0 Å². The third-order valence-corrected chi connectivity index (χ3v) is 4.87. The molecule has 3 aromatic rings. The van der Waals surface area contributed by atoms with Crippen molar-refractivity contribution in [1.82, 2.24) is 4.98 Å². The smallest absolute Gasteiger partial charge is 0.355 e. The molecule has 1 amide bonds. The lowest BCUT2D eigenvalue weighted by Crippen LogP contribution is -2.30. The van der Waals surface area contributed by atoms with E-state index < -0.39 is 23.9 Å². The number of aromatic nitrogens is 1. The number of rotatable bonds is 8. The summed E-state index contributed by atoms with van der Waals surface area (Å²) in [6, 6.07) is 16.2. The van der Waals surface area contributed by atoms with E-state index in [0.29, 0.717) is 34.0 Å². The number of carbonyl (C=O) groups is 3. The van der Waals surface area contributed by atoms with Gasteiger partial charge in [0.1, 0.15) is 17.2 Å². The molecule has 1 unspecified atom stereocenters. The summed E-state index contributed by atoms with van der Waals surface area (Å²) in [5.74, 6) is -0.426. The lowest BCUT2D eigenvalue weighted by Gasteiger charge is -2.14. The van der Waals surface area contributed by atoms with E-state index in [2.05, 4.69) is 10.3 Å². The molecule has 1 atom stereocenters. The first-order valence-corrected chi connectivity index (χ1v) is 10.5. The van der Waals surface area contributed by atoms with Crippen LogP contribution in [-0.4, -0.2) is 35.5 Å². The number of anilines is 1. The number of aryl methyl sites for hydroxylation is 1. The van der Waals surface area contributed by atoms with Gasteiger partial charge in [0.2, 0.25) is 0 Å². The van der Waals surface area contributed by atoms with Gasteiger partial charge in [-0.05, 0) is 69.7 Å². The first kappa shape index (κ1) is 23.6. The normalized spacial score (nSPS) is 11.4. The number of hydrogen-bond acceptors (Lipinski definition) is 6. The van der Waals surface area contributed by atoms with Crippen molar-refractivity contribution in [2.45, 2.75) is 33.8 Å². The highest BCUT2D eigenvalue weighted by Crippen LogP contribution is 2.23. The van der Waals surface area contributed by atoms with Gasteiger partial charge in [-0.3, -0.25) is 4.79 Å². The van der Waals surface area contributed by atoms with Gasteiger partial charge < -0.3 is 24.5 Å². The molecule has 33 heavy (non-hydrogen) atoms. The van der Waals surface area contributed by atoms with E-state index in [9.17, 15) is 14.4 Å². The van der Waals surface area contributed by atoms with Crippen LogP contribution in [0.2, 0.25) is 0 Å². The molecule has 0 spiro atoms. The Morgan fingerprint density at radius 2 is 1.58 bits per heavy atom. The third kappa shape index (κ3) is 5.79. The molecule has 8 heteroatoms. The van der Waals surface area contributed by atoms with E-state index in [-0.39, 0.29) is 12.3 Å². The summed E-state index contributed by atoms with van der Waals surface area (Å²) in [5, 5.41) is 2.70. The monoisotopic (exact) mass is 450 g/mol. The number of esters is 2. The zero-order valence-electron chi connectivity index (χ0n) is 18.9. The van der Waals surface area contributed by atoms with Gasteiger partial charge in [0.05, 0.1) is 12.2 Å². The molecular weight excluding hydrogens is 424 g/mol. The largest absolute Gasteiger partial charge is 0.462 e. The van der Waals surface area contributed by atoms with Gasteiger partial charge in [-0.1, -0.05) is 18.2 Å². The van der Waals surface area contributed by atoms with Gasteiger partial charge in [-0.15, -0.1) is 0 Å². The highest BCUT2D eigenvalue weighted by atomic mass is 16.5. The van der Waals surface area contributed by atoms with Gasteiger partial charge >= 0.3 is 11.9 Å². The van der Waals surface area contributed by atoms with Crippen molar-refractivity contribution in [3.05, 3.63) is 77.1 Å². The number of para-hydroxylation sites is 1. The second-order valence-electron chi connectivity index (χ2n) is 7.32. The third-order valence-electron chi connectivity index (χ3n) is 4.87. The van der Waals surface area contributed by atoms with Crippen molar-refractivity contribution in [3.8, 4) is 11.5 Å². The summed E-state index contributed by atoms with van der Waals surface area (Å²) < 4.78 is 16.1. The summed E-state index contributed by atoms with van der Waals surface area (Å²) in [7, 11) is 0. The Labute approximate surface area is 191 Å². The maximum absolute atomic E-state index is 12.6. The zero-order valence-corrected chi connectivity index (χ0v) is 18.9. The molecule has 1 heterocycles. The molecule has 1 aromatic heterocycles. The fourth-order valence-electron chi connectivity index (χ4n) is 3.21. The predicted molar refractivity (Wildman–Crippen MR) is 123 cm³/mol. The van der Waals surface area contributed by atoms with Crippen LogP contribution in [0.4, 0.5) is 5.69 Å². The SMILES string of the molecule is CCOC(=O)c1c(C)[nH]c(C(=O)OC(C)C(=O)Nc2ccc(Oc3ccccc3)cc2)c1C. The van der Waals surface area contributed by atoms with Crippen molar-refractivity contribution in [3.63, 3.8) is 0 Å². The second-order valence-corrected chi connectivity index (χ2v) is 7.32. The second kappa shape index (κ2) is 10.5. The number of benzene rings is 2. The van der Waals surface area contributed by atoms with Gasteiger partial charge in [-0.2, -0.15) is 0 Å². The van der Waals surface area contributed by atoms with Crippen molar-refractivity contribution in [1.29, 1.82) is 0 Å². The summed E-state index contributed by atoms with van der Waals surface area (Å²) in [5.41, 5.74) is 1.83. The van der Waals surface area contributed by atoms with Crippen LogP contribution in [0, 0.1) is 13.8 Å². The Morgan fingerprint density at radius 1 is 0.939 bits per heavy atom. The highest BCUT2D eigenvalue weighted by molar-refractivity contribution is 6.00. The molecule has 2 N–H and O–H groups in total. The number of aromatic amines is 1. The van der Waals surface area contributed by atoms with E-state index >= 15 is 0 Å². The number of amides is 1. The van der Waals surface area contributed by atoms with E-state index in [1.807, 2.05) is 30.3 Å². The molecule has 0 aliphatic heterocycles. The molecule has 0 aliphatic carbocycles. The summed E-state index contributed by atoms with van der Waals surface area (Å²) in [6.45, 7) is 6.68. The van der Waals surface area contributed by atoms with Crippen molar-refractivity contribution >= 4 is 23.5 Å². The minimum atomic E-state index is -1.06. The number of hydrogen-bond donors (Lipinski definition) is 2. The molecule has 0 radical (unpaired) electrons. The predicted octanol–water partition coefficient (Wildman–Crippen LogP) is 4.78. The van der Waals surface area contributed by atoms with Crippen LogP contribution in [0.15, 0.2) is 54.6 Å². The van der Waals surface area contributed by atoms with Gasteiger partial charge in [0, 0.05) is 11.4 Å². The standard InChI is InChI=1S/C25H26N2O6/c1-5-31-24(29)21-15(2)22(26-16(21)3)25(30)32-17(4)23(28)27-18-11-13-20(14-12-18)33-19-9-7-6-8-10-19/h6-14,17,26H,5H2,1-4H3,(H,27,28). The van der Waals surface area contributed by atoms with E-state index in [4.69, 9.17) is 14.2 Å². The maximum atomic E-state index is 12.6. The van der Waals surface area contributed by atoms with Crippen molar-refractivity contribution in [2.75, 3.05) is 11.9 Å². The highest BCUT2D eigenvalue weighted by Gasteiger charge is 2.26. The number of ether oxygens (including phenoxy) is 3. The van der Waals surface area contributed by atoms with Crippen molar-refractivity contribution < 1.29 is 28.6 Å². The molecule has 0 bridgehead atoms. The molecular formula is C25H26N2O6. The molecule has 2 aromatic carbocycles. The lowest BCUT2D eigenvalue weighted by molar-refractivity contribution is -0.123. The zero-order chi connectivity index (χ0) is 24.0. The van der Waals surface area contributed by atoms with E-state index in [0.717, 1.165) is 0 Å². The Balaban J connectivity index is 1.60. The topological polar surface area (TPSA) is 107 Å². The minimum Gasteiger partial charge on any atom is -0.462 e. The van der Waals surface area contributed by atoms with Crippen LogP contribution < -0.4 is 10.1 Å². The molecule has 0 aliphatic rings. The Bertz CT molecular complexity index is 1140. The van der Waals surface area contributed by atoms with Crippen LogP contribution in [0.5, 0.6) is 11.5 Å². The summed E-state index contributed by atoms with van der Waals surface area (Å²) in [4.78, 5) is 40.1. The lowest BCUT2D eigenvalue weighted by atomic mass is 10.1. The quantitative estimate of drug-likeness (QED) is 0.478. The molecule has 3 rings (SSSR count). The van der Waals surface area contributed by atoms with E-state index in [1.165, 1.54) is 6.92 Å². The average Bonchev–Trinajstić information content (AvgIpc) is 3.10. The Hall–Kier alpha value is -4.07. The first-order chi connectivity index (χ1) is 15.8. The van der Waals surface area contributed by atoms with Crippen LogP contribution in [0.1, 0.15) is 46.0 Å². The van der Waals surface area contributed by atoms with Gasteiger partial charge in [-0.25, -0.2) is 9.59 Å². The van der Waals surface area contributed by atoms with Gasteiger partial charge in [0.15, 0.2) is 6.10 Å².